The molecule has 1 aromatic carbocycles. The second kappa shape index (κ2) is 5.72. The molecule has 0 radical (unpaired) electrons. The summed E-state index contributed by atoms with van der Waals surface area (Å²) >= 11 is 0. The normalized spacial score (nSPS) is 28.6. The van der Waals surface area contributed by atoms with E-state index >= 15 is 0 Å². The molecule has 2 aliphatic rings. The van der Waals surface area contributed by atoms with Crippen LogP contribution in [0.2, 0.25) is 0 Å². The fourth-order valence-corrected chi connectivity index (χ4v) is 3.87. The largest absolute Gasteiger partial charge is 0.314 e. The second-order valence-electron chi connectivity index (χ2n) is 7.96. The smallest absolute Gasteiger partial charge is 0.123 e. The molecule has 1 aromatic rings. The van der Waals surface area contributed by atoms with Gasteiger partial charge >= 0.3 is 0 Å². The number of hydrogen-bond donors (Lipinski definition) is 1. The first-order chi connectivity index (χ1) is 9.94. The van der Waals surface area contributed by atoms with E-state index in [0.29, 0.717) is 17.3 Å². The van der Waals surface area contributed by atoms with Crippen molar-refractivity contribution in [3.8, 4) is 0 Å². The molecule has 0 heterocycles. The molecule has 3 rings (SSSR count). The van der Waals surface area contributed by atoms with Crippen LogP contribution in [0.4, 0.5) is 4.39 Å². The minimum atomic E-state index is -0.0899. The highest BCUT2D eigenvalue weighted by atomic mass is 19.1. The zero-order valence-electron chi connectivity index (χ0n) is 13.6. The minimum Gasteiger partial charge on any atom is -0.314 e. The molecule has 21 heavy (non-hydrogen) atoms. The van der Waals surface area contributed by atoms with Crippen LogP contribution in [-0.2, 0) is 0 Å². The van der Waals surface area contributed by atoms with Crippen molar-refractivity contribution in [2.24, 2.45) is 11.3 Å². The molecule has 0 bridgehead atoms. The molecule has 2 aliphatic carbocycles. The van der Waals surface area contributed by atoms with Gasteiger partial charge in [-0.05, 0) is 86.1 Å². The first kappa shape index (κ1) is 15.0. The van der Waals surface area contributed by atoms with E-state index in [4.69, 9.17) is 0 Å². The molecule has 2 saturated carbocycles. The summed E-state index contributed by atoms with van der Waals surface area (Å²) in [5.41, 5.74) is 2.86. The third-order valence-electron chi connectivity index (χ3n) is 5.42. The molecule has 1 nitrogen and oxygen atoms in total. The summed E-state index contributed by atoms with van der Waals surface area (Å²) in [5, 5.41) is 3.69. The van der Waals surface area contributed by atoms with Crippen LogP contribution in [0.5, 0.6) is 0 Å². The SMILES string of the molecule is Cc1ccc(F)cc1C1CC(C)(C)CCC1CNC1CC1. The number of hydrogen-bond acceptors (Lipinski definition) is 1. The van der Waals surface area contributed by atoms with Gasteiger partial charge in [-0.3, -0.25) is 0 Å². The highest BCUT2D eigenvalue weighted by molar-refractivity contribution is 5.31. The van der Waals surface area contributed by atoms with Crippen LogP contribution >= 0.6 is 0 Å². The van der Waals surface area contributed by atoms with Gasteiger partial charge in [0.2, 0.25) is 0 Å². The van der Waals surface area contributed by atoms with Crippen LogP contribution in [0, 0.1) is 24.1 Å². The van der Waals surface area contributed by atoms with E-state index in [9.17, 15) is 4.39 Å². The molecule has 0 saturated heterocycles. The number of rotatable bonds is 4. The fraction of sp³-hybridized carbons (Fsp3) is 0.684. The first-order valence-electron chi connectivity index (χ1n) is 8.44. The topological polar surface area (TPSA) is 12.0 Å². The Hall–Kier alpha value is -0.890. The van der Waals surface area contributed by atoms with Gasteiger partial charge in [0.05, 0.1) is 0 Å². The lowest BCUT2D eigenvalue weighted by Gasteiger charge is -2.42. The monoisotopic (exact) mass is 289 g/mol. The van der Waals surface area contributed by atoms with Crippen molar-refractivity contribution in [2.75, 3.05) is 6.54 Å². The van der Waals surface area contributed by atoms with Crippen molar-refractivity contribution < 1.29 is 4.39 Å². The van der Waals surface area contributed by atoms with Crippen LogP contribution in [0.25, 0.3) is 0 Å². The summed E-state index contributed by atoms with van der Waals surface area (Å²) in [6.07, 6.45) is 6.39. The molecular weight excluding hydrogens is 261 g/mol. The van der Waals surface area contributed by atoms with Gasteiger partial charge in [0.25, 0.3) is 0 Å². The van der Waals surface area contributed by atoms with Crippen LogP contribution < -0.4 is 5.32 Å². The summed E-state index contributed by atoms with van der Waals surface area (Å²) < 4.78 is 13.7. The predicted molar refractivity (Wildman–Crippen MR) is 86.0 cm³/mol. The van der Waals surface area contributed by atoms with Crippen molar-refractivity contribution in [3.63, 3.8) is 0 Å². The zero-order valence-corrected chi connectivity index (χ0v) is 13.6. The molecular formula is C19H28FN. The molecule has 0 aliphatic heterocycles. The average molecular weight is 289 g/mol. The summed E-state index contributed by atoms with van der Waals surface area (Å²) in [5.74, 6) is 1.06. The van der Waals surface area contributed by atoms with Gasteiger partial charge in [-0.1, -0.05) is 19.9 Å². The highest BCUT2D eigenvalue weighted by Crippen LogP contribution is 2.47. The van der Waals surface area contributed by atoms with Gasteiger partial charge in [-0.15, -0.1) is 0 Å². The molecule has 1 N–H and O–H groups in total. The van der Waals surface area contributed by atoms with Gasteiger partial charge in [-0.2, -0.15) is 0 Å². The van der Waals surface area contributed by atoms with Gasteiger partial charge in [0, 0.05) is 6.04 Å². The Kier molecular flexibility index (Phi) is 4.09. The van der Waals surface area contributed by atoms with Gasteiger partial charge in [-0.25, -0.2) is 4.39 Å². The average Bonchev–Trinajstić information content (AvgIpc) is 3.23. The molecule has 0 amide bonds. The van der Waals surface area contributed by atoms with E-state index in [1.807, 2.05) is 6.07 Å². The molecule has 2 atom stereocenters. The van der Waals surface area contributed by atoms with E-state index in [0.717, 1.165) is 12.6 Å². The Morgan fingerprint density at radius 3 is 2.71 bits per heavy atom. The zero-order chi connectivity index (χ0) is 15.0. The standard InChI is InChI=1S/C19H28FN/c1-13-4-5-15(20)10-17(13)18-11-19(2,3)9-8-14(18)12-21-16-6-7-16/h4-5,10,14,16,18,21H,6-9,11-12H2,1-3H3. The predicted octanol–water partition coefficient (Wildman–Crippen LogP) is 4.80. The lowest BCUT2D eigenvalue weighted by atomic mass is 9.64. The van der Waals surface area contributed by atoms with E-state index in [1.54, 1.807) is 12.1 Å². The molecule has 2 heteroatoms. The molecule has 2 fully saturated rings. The maximum Gasteiger partial charge on any atom is 0.123 e. The quantitative estimate of drug-likeness (QED) is 0.840. The Morgan fingerprint density at radius 1 is 1.24 bits per heavy atom. The van der Waals surface area contributed by atoms with Crippen molar-refractivity contribution in [2.45, 2.75) is 64.8 Å². The number of benzene rings is 1. The van der Waals surface area contributed by atoms with E-state index in [-0.39, 0.29) is 5.82 Å². The van der Waals surface area contributed by atoms with Crippen molar-refractivity contribution in [3.05, 3.63) is 35.1 Å². The van der Waals surface area contributed by atoms with E-state index < -0.39 is 0 Å². The third-order valence-corrected chi connectivity index (χ3v) is 5.42. The van der Waals surface area contributed by atoms with Crippen molar-refractivity contribution in [1.82, 2.24) is 5.32 Å². The lowest BCUT2D eigenvalue weighted by molar-refractivity contribution is 0.159. The summed E-state index contributed by atoms with van der Waals surface area (Å²) in [4.78, 5) is 0. The fourth-order valence-electron chi connectivity index (χ4n) is 3.87. The minimum absolute atomic E-state index is 0.0899. The Morgan fingerprint density at radius 2 is 2.00 bits per heavy atom. The van der Waals surface area contributed by atoms with E-state index in [2.05, 4.69) is 26.1 Å². The van der Waals surface area contributed by atoms with Crippen LogP contribution in [0.3, 0.4) is 0 Å². The number of aryl methyl sites for hydroxylation is 1. The summed E-state index contributed by atoms with van der Waals surface area (Å²) in [7, 11) is 0. The van der Waals surface area contributed by atoms with Crippen LogP contribution in [-0.4, -0.2) is 12.6 Å². The maximum absolute atomic E-state index is 13.7. The Bertz CT molecular complexity index is 502. The maximum atomic E-state index is 13.7. The molecule has 0 aromatic heterocycles. The Balaban J connectivity index is 1.82. The molecule has 2 unspecified atom stereocenters. The van der Waals surface area contributed by atoms with Gasteiger partial charge in [0.1, 0.15) is 5.82 Å². The van der Waals surface area contributed by atoms with Gasteiger partial charge in [0.15, 0.2) is 0 Å². The Labute approximate surface area is 128 Å². The van der Waals surface area contributed by atoms with Crippen LogP contribution in [0.1, 0.15) is 63.0 Å². The molecule has 116 valence electrons. The van der Waals surface area contributed by atoms with E-state index in [1.165, 1.54) is 43.2 Å². The molecule has 0 spiro atoms. The van der Waals surface area contributed by atoms with Crippen molar-refractivity contribution in [1.29, 1.82) is 0 Å². The lowest BCUT2D eigenvalue weighted by Crippen LogP contribution is -2.35. The summed E-state index contributed by atoms with van der Waals surface area (Å²) in [6.45, 7) is 7.95. The third kappa shape index (κ3) is 3.66. The van der Waals surface area contributed by atoms with Crippen LogP contribution in [0.15, 0.2) is 18.2 Å². The number of halogens is 1. The highest BCUT2D eigenvalue weighted by Gasteiger charge is 2.37. The van der Waals surface area contributed by atoms with Crippen molar-refractivity contribution >= 4 is 0 Å². The number of nitrogens with one attached hydrogen (secondary N) is 1. The van der Waals surface area contributed by atoms with Gasteiger partial charge < -0.3 is 5.32 Å². The second-order valence-corrected chi connectivity index (χ2v) is 7.96. The summed E-state index contributed by atoms with van der Waals surface area (Å²) in [6, 6.07) is 6.07. The first-order valence-corrected chi connectivity index (χ1v) is 8.44.